The summed E-state index contributed by atoms with van der Waals surface area (Å²) in [5, 5.41) is 10.0. The molecule has 6 heteroatoms. The Hall–Kier alpha value is -1.40. The van der Waals surface area contributed by atoms with Gasteiger partial charge in [0, 0.05) is 19.2 Å². The number of anilines is 1. The summed E-state index contributed by atoms with van der Waals surface area (Å²) in [6, 6.07) is 2.09. The fourth-order valence-electron chi connectivity index (χ4n) is 3.09. The molecule has 2 aromatic heterocycles. The van der Waals surface area contributed by atoms with Gasteiger partial charge in [0.2, 0.25) is 0 Å². The van der Waals surface area contributed by atoms with E-state index in [1.807, 2.05) is 0 Å². The number of nitrogens with two attached hydrogens (primary N) is 1. The fourth-order valence-corrected chi connectivity index (χ4v) is 5.87. The quantitative estimate of drug-likeness (QED) is 0.826. The zero-order valence-electron chi connectivity index (χ0n) is 12.6. The number of aromatic nitrogens is 1. The van der Waals surface area contributed by atoms with E-state index >= 15 is 0 Å². The summed E-state index contributed by atoms with van der Waals surface area (Å²) in [5.74, 6) is -0.964. The molecule has 3 N–H and O–H groups in total. The Balaban J connectivity index is 2.09. The van der Waals surface area contributed by atoms with Gasteiger partial charge in [-0.1, -0.05) is 19.6 Å². The smallest absolute Gasteiger partial charge is 0.348 e. The molecule has 0 fully saturated rings. The number of nitrogens with zero attached hydrogens (tertiary/aromatic N) is 1. The van der Waals surface area contributed by atoms with Gasteiger partial charge in [0.25, 0.3) is 0 Å². The van der Waals surface area contributed by atoms with Gasteiger partial charge in [-0.3, -0.25) is 0 Å². The van der Waals surface area contributed by atoms with Crippen molar-refractivity contribution in [2.45, 2.75) is 44.4 Å². The van der Waals surface area contributed by atoms with Gasteiger partial charge in [0.15, 0.2) is 0 Å². The molecular formula is C15H20N2O2SSi. The second kappa shape index (κ2) is 4.81. The van der Waals surface area contributed by atoms with Crippen LogP contribution in [0.25, 0.3) is 10.2 Å². The Morgan fingerprint density at radius 1 is 1.48 bits per heavy atom. The average Bonchev–Trinajstić information content (AvgIpc) is 2.72. The van der Waals surface area contributed by atoms with Gasteiger partial charge in [-0.05, 0) is 36.4 Å². The molecule has 1 aliphatic rings. The van der Waals surface area contributed by atoms with E-state index in [0.717, 1.165) is 34.3 Å². The standard InChI is InChI=1S/C15H20N2O2SSi/c1-21(2,3)9-4-5-11-8(6-9)7-10-12(16)13(15(18)19)20-14(10)17-11/h7,9H,4-6,16H2,1-3H3,(H,18,19). The first kappa shape index (κ1) is 14.5. The van der Waals surface area contributed by atoms with Gasteiger partial charge >= 0.3 is 5.97 Å². The molecule has 1 aliphatic carbocycles. The number of pyridine rings is 1. The Kier molecular flexibility index (Phi) is 3.33. The first-order chi connectivity index (χ1) is 9.77. The predicted octanol–water partition coefficient (Wildman–Crippen LogP) is 3.77. The number of aromatic carboxylic acids is 1. The largest absolute Gasteiger partial charge is 0.477 e. The lowest BCUT2D eigenvalue weighted by atomic mass is 9.95. The lowest BCUT2D eigenvalue weighted by Crippen LogP contribution is -2.32. The van der Waals surface area contributed by atoms with Gasteiger partial charge in [0.1, 0.15) is 9.71 Å². The molecule has 1 atom stereocenters. The maximum atomic E-state index is 11.2. The Bertz CT molecular complexity index is 733. The van der Waals surface area contributed by atoms with E-state index in [4.69, 9.17) is 5.73 Å². The highest BCUT2D eigenvalue weighted by Crippen LogP contribution is 2.40. The Morgan fingerprint density at radius 3 is 2.81 bits per heavy atom. The molecule has 0 amide bonds. The van der Waals surface area contributed by atoms with Crippen LogP contribution >= 0.6 is 11.3 Å². The highest BCUT2D eigenvalue weighted by atomic mass is 32.1. The summed E-state index contributed by atoms with van der Waals surface area (Å²) in [6.45, 7) is 7.24. The third-order valence-corrected chi connectivity index (χ3v) is 8.55. The third-order valence-electron chi connectivity index (χ3n) is 4.50. The summed E-state index contributed by atoms with van der Waals surface area (Å²) in [5.41, 5.74) is 9.53. The van der Waals surface area contributed by atoms with Crippen LogP contribution in [-0.4, -0.2) is 24.1 Å². The topological polar surface area (TPSA) is 76.2 Å². The summed E-state index contributed by atoms with van der Waals surface area (Å²) in [7, 11) is -1.17. The molecule has 21 heavy (non-hydrogen) atoms. The molecule has 0 radical (unpaired) electrons. The zero-order chi connectivity index (χ0) is 15.4. The number of rotatable bonds is 2. The van der Waals surface area contributed by atoms with Crippen molar-refractivity contribution in [3.05, 3.63) is 22.2 Å². The van der Waals surface area contributed by atoms with E-state index in [1.165, 1.54) is 23.3 Å². The summed E-state index contributed by atoms with van der Waals surface area (Å²) < 4.78 is 0. The van der Waals surface area contributed by atoms with Gasteiger partial charge in [0.05, 0.1) is 5.69 Å². The normalized spacial score (nSPS) is 18.7. The van der Waals surface area contributed by atoms with Crippen LogP contribution in [0.3, 0.4) is 0 Å². The Labute approximate surface area is 129 Å². The van der Waals surface area contributed by atoms with Crippen LogP contribution in [0.2, 0.25) is 25.2 Å². The lowest BCUT2D eigenvalue weighted by molar-refractivity contribution is 0.0703. The van der Waals surface area contributed by atoms with Crippen molar-refractivity contribution in [3.63, 3.8) is 0 Å². The fraction of sp³-hybridized carbons (Fsp3) is 0.467. The summed E-state index contributed by atoms with van der Waals surface area (Å²) in [6.07, 6.45) is 3.26. The second-order valence-electron chi connectivity index (χ2n) is 6.90. The minimum atomic E-state index is -1.17. The van der Waals surface area contributed by atoms with Crippen LogP contribution in [0.5, 0.6) is 0 Å². The number of carboxylic acids is 1. The van der Waals surface area contributed by atoms with E-state index in [9.17, 15) is 9.90 Å². The number of carboxylic acid groups (broad SMARTS) is 1. The van der Waals surface area contributed by atoms with Crippen LogP contribution < -0.4 is 5.73 Å². The van der Waals surface area contributed by atoms with Crippen molar-refractivity contribution in [3.8, 4) is 0 Å². The molecule has 3 rings (SSSR count). The number of carbonyl (C=O) groups is 1. The molecular weight excluding hydrogens is 300 g/mol. The molecule has 112 valence electrons. The SMILES string of the molecule is C[Si](C)(C)C1CCc2nc3sc(C(=O)O)c(N)c3cc2C1. The molecule has 0 aromatic carbocycles. The van der Waals surface area contributed by atoms with Crippen LogP contribution in [-0.2, 0) is 12.8 Å². The van der Waals surface area contributed by atoms with E-state index in [-0.39, 0.29) is 4.88 Å². The van der Waals surface area contributed by atoms with E-state index in [2.05, 4.69) is 30.7 Å². The van der Waals surface area contributed by atoms with Crippen molar-refractivity contribution in [1.29, 1.82) is 0 Å². The predicted molar refractivity (Wildman–Crippen MR) is 90.1 cm³/mol. The number of nitrogen functional groups attached to an aromatic ring is 1. The van der Waals surface area contributed by atoms with Crippen LogP contribution in [0.1, 0.15) is 27.3 Å². The van der Waals surface area contributed by atoms with Crippen molar-refractivity contribution >= 4 is 41.3 Å². The van der Waals surface area contributed by atoms with Gasteiger partial charge in [-0.2, -0.15) is 0 Å². The maximum Gasteiger partial charge on any atom is 0.348 e. The molecule has 0 aliphatic heterocycles. The van der Waals surface area contributed by atoms with E-state index in [0.29, 0.717) is 5.69 Å². The van der Waals surface area contributed by atoms with Crippen molar-refractivity contribution < 1.29 is 9.90 Å². The van der Waals surface area contributed by atoms with E-state index in [1.54, 1.807) is 0 Å². The molecule has 0 saturated heterocycles. The first-order valence-corrected chi connectivity index (χ1v) is 11.6. The molecule has 1 unspecified atom stereocenters. The summed E-state index contributed by atoms with van der Waals surface area (Å²) in [4.78, 5) is 16.9. The summed E-state index contributed by atoms with van der Waals surface area (Å²) >= 11 is 1.18. The molecule has 2 heterocycles. The van der Waals surface area contributed by atoms with Crippen molar-refractivity contribution in [1.82, 2.24) is 4.98 Å². The maximum absolute atomic E-state index is 11.2. The first-order valence-electron chi connectivity index (χ1n) is 7.21. The van der Waals surface area contributed by atoms with Crippen LogP contribution in [0.4, 0.5) is 5.69 Å². The highest BCUT2D eigenvalue weighted by molar-refractivity contribution is 7.21. The monoisotopic (exact) mass is 320 g/mol. The number of aryl methyl sites for hydroxylation is 1. The van der Waals surface area contributed by atoms with Gasteiger partial charge < -0.3 is 10.8 Å². The molecule has 4 nitrogen and oxygen atoms in total. The van der Waals surface area contributed by atoms with Gasteiger partial charge in [-0.15, -0.1) is 11.3 Å². The molecule has 0 saturated carbocycles. The third kappa shape index (κ3) is 2.46. The minimum absolute atomic E-state index is 0.210. The molecule has 0 spiro atoms. The number of hydrogen-bond donors (Lipinski definition) is 2. The molecule has 0 bridgehead atoms. The minimum Gasteiger partial charge on any atom is -0.477 e. The van der Waals surface area contributed by atoms with Crippen molar-refractivity contribution in [2.24, 2.45) is 0 Å². The molecule has 2 aromatic rings. The average molecular weight is 320 g/mol. The van der Waals surface area contributed by atoms with Crippen molar-refractivity contribution in [2.75, 3.05) is 5.73 Å². The number of hydrogen-bond acceptors (Lipinski definition) is 4. The van der Waals surface area contributed by atoms with Crippen LogP contribution in [0, 0.1) is 0 Å². The van der Waals surface area contributed by atoms with E-state index < -0.39 is 14.0 Å². The second-order valence-corrected chi connectivity index (χ2v) is 13.5. The Morgan fingerprint density at radius 2 is 2.19 bits per heavy atom. The lowest BCUT2D eigenvalue weighted by Gasteiger charge is -2.33. The van der Waals surface area contributed by atoms with Gasteiger partial charge in [-0.25, -0.2) is 9.78 Å². The number of fused-ring (bicyclic) bond motifs is 2. The highest BCUT2D eigenvalue weighted by Gasteiger charge is 2.31. The number of thiophene rings is 1. The van der Waals surface area contributed by atoms with Crippen LogP contribution in [0.15, 0.2) is 6.07 Å². The zero-order valence-corrected chi connectivity index (χ0v) is 14.4.